The summed E-state index contributed by atoms with van der Waals surface area (Å²) in [7, 11) is 0. The number of nitrogens with zero attached hydrogens (tertiary/aromatic N) is 3. The first kappa shape index (κ1) is 12.3. The van der Waals surface area contributed by atoms with Crippen molar-refractivity contribution < 1.29 is 0 Å². The molecule has 0 bridgehead atoms. The van der Waals surface area contributed by atoms with Crippen LogP contribution in [0.2, 0.25) is 0 Å². The van der Waals surface area contributed by atoms with Crippen LogP contribution >= 0.6 is 0 Å². The van der Waals surface area contributed by atoms with Crippen molar-refractivity contribution in [2.45, 2.75) is 33.1 Å². The molecular weight excluding hydrogens is 212 g/mol. The van der Waals surface area contributed by atoms with Gasteiger partial charge in [-0.05, 0) is 5.92 Å². The summed E-state index contributed by atoms with van der Waals surface area (Å²) in [6.07, 6.45) is 0.902. The number of rotatable bonds is 3. The van der Waals surface area contributed by atoms with Gasteiger partial charge >= 0.3 is 0 Å². The van der Waals surface area contributed by atoms with Gasteiger partial charge in [-0.2, -0.15) is 0 Å². The zero-order valence-electron chi connectivity index (χ0n) is 11.0. The number of aryl methyl sites for hydroxylation is 1. The molecule has 1 aromatic rings. The zero-order valence-corrected chi connectivity index (χ0v) is 11.0. The van der Waals surface area contributed by atoms with E-state index in [4.69, 9.17) is 0 Å². The van der Waals surface area contributed by atoms with E-state index in [9.17, 15) is 0 Å². The number of piperazine rings is 1. The van der Waals surface area contributed by atoms with Gasteiger partial charge in [0.1, 0.15) is 11.6 Å². The summed E-state index contributed by atoms with van der Waals surface area (Å²) in [4.78, 5) is 11.6. The second kappa shape index (κ2) is 5.45. The fourth-order valence-corrected chi connectivity index (χ4v) is 2.01. The molecule has 1 fully saturated rings. The van der Waals surface area contributed by atoms with Crippen LogP contribution in [-0.4, -0.2) is 36.1 Å². The van der Waals surface area contributed by atoms with Gasteiger partial charge in [0.25, 0.3) is 0 Å². The summed E-state index contributed by atoms with van der Waals surface area (Å²) < 4.78 is 0. The fraction of sp³-hybridized carbons (Fsp3) is 0.692. The summed E-state index contributed by atoms with van der Waals surface area (Å²) >= 11 is 0. The fourth-order valence-electron chi connectivity index (χ4n) is 2.01. The average Bonchev–Trinajstić information content (AvgIpc) is 2.39. The predicted molar refractivity (Wildman–Crippen MR) is 70.6 cm³/mol. The van der Waals surface area contributed by atoms with Crippen molar-refractivity contribution in [2.75, 3.05) is 31.1 Å². The molecule has 17 heavy (non-hydrogen) atoms. The highest BCUT2D eigenvalue weighted by Crippen LogP contribution is 2.19. The third-order valence-electron chi connectivity index (χ3n) is 3.13. The van der Waals surface area contributed by atoms with Crippen LogP contribution in [0.3, 0.4) is 0 Å². The third-order valence-corrected chi connectivity index (χ3v) is 3.13. The molecule has 0 atom stereocenters. The van der Waals surface area contributed by atoms with Gasteiger partial charge in [-0.1, -0.05) is 20.8 Å². The van der Waals surface area contributed by atoms with Crippen molar-refractivity contribution >= 4 is 5.82 Å². The third kappa shape index (κ3) is 2.94. The maximum atomic E-state index is 4.64. The van der Waals surface area contributed by atoms with Crippen LogP contribution in [0.15, 0.2) is 6.07 Å². The molecule has 0 aromatic carbocycles. The van der Waals surface area contributed by atoms with Crippen LogP contribution in [0.25, 0.3) is 0 Å². The minimum Gasteiger partial charge on any atom is -0.354 e. The minimum absolute atomic E-state index is 0.463. The normalized spacial score (nSPS) is 16.6. The molecule has 0 aliphatic carbocycles. The van der Waals surface area contributed by atoms with Gasteiger partial charge in [-0.25, -0.2) is 9.97 Å². The Labute approximate surface area is 103 Å². The van der Waals surface area contributed by atoms with Crippen molar-refractivity contribution in [1.82, 2.24) is 15.3 Å². The summed E-state index contributed by atoms with van der Waals surface area (Å²) in [6, 6.07) is 2.15. The van der Waals surface area contributed by atoms with Crippen molar-refractivity contribution in [3.63, 3.8) is 0 Å². The second-order valence-electron chi connectivity index (χ2n) is 4.81. The van der Waals surface area contributed by atoms with E-state index in [1.54, 1.807) is 0 Å². The molecule has 94 valence electrons. The van der Waals surface area contributed by atoms with E-state index in [-0.39, 0.29) is 0 Å². The molecule has 0 radical (unpaired) electrons. The van der Waals surface area contributed by atoms with Crippen molar-refractivity contribution in [1.29, 1.82) is 0 Å². The second-order valence-corrected chi connectivity index (χ2v) is 4.81. The first-order valence-electron chi connectivity index (χ1n) is 6.54. The molecule has 0 saturated carbocycles. The van der Waals surface area contributed by atoms with Gasteiger partial charge in [-0.3, -0.25) is 0 Å². The van der Waals surface area contributed by atoms with Gasteiger partial charge < -0.3 is 10.2 Å². The predicted octanol–water partition coefficient (Wildman–Crippen LogP) is 1.57. The number of hydrogen-bond acceptors (Lipinski definition) is 4. The number of hydrogen-bond donors (Lipinski definition) is 1. The highest BCUT2D eigenvalue weighted by molar-refractivity contribution is 5.41. The molecular formula is C13H22N4. The van der Waals surface area contributed by atoms with Crippen molar-refractivity contribution in [3.8, 4) is 0 Å². The highest BCUT2D eigenvalue weighted by atomic mass is 15.2. The average molecular weight is 234 g/mol. The van der Waals surface area contributed by atoms with Crippen LogP contribution in [-0.2, 0) is 6.42 Å². The SMILES string of the molecule is CCc1nc(C(C)C)cc(N2CCNCC2)n1. The van der Waals surface area contributed by atoms with Gasteiger partial charge in [0.2, 0.25) is 0 Å². The van der Waals surface area contributed by atoms with E-state index >= 15 is 0 Å². The molecule has 1 aromatic heterocycles. The summed E-state index contributed by atoms with van der Waals surface area (Å²) in [5.74, 6) is 2.52. The van der Waals surface area contributed by atoms with Crippen LogP contribution in [0.5, 0.6) is 0 Å². The molecule has 1 aliphatic rings. The maximum absolute atomic E-state index is 4.64. The van der Waals surface area contributed by atoms with E-state index in [0.29, 0.717) is 5.92 Å². The Morgan fingerprint density at radius 1 is 1.29 bits per heavy atom. The zero-order chi connectivity index (χ0) is 12.3. The van der Waals surface area contributed by atoms with Gasteiger partial charge in [-0.15, -0.1) is 0 Å². The lowest BCUT2D eigenvalue weighted by atomic mass is 10.1. The molecule has 0 amide bonds. The Hall–Kier alpha value is -1.16. The topological polar surface area (TPSA) is 41.1 Å². The summed E-state index contributed by atoms with van der Waals surface area (Å²) in [5.41, 5.74) is 1.16. The van der Waals surface area contributed by atoms with Crippen LogP contribution in [0.4, 0.5) is 5.82 Å². The summed E-state index contributed by atoms with van der Waals surface area (Å²) in [6.45, 7) is 10.6. The van der Waals surface area contributed by atoms with Crippen molar-refractivity contribution in [2.24, 2.45) is 0 Å². The Morgan fingerprint density at radius 2 is 2.00 bits per heavy atom. The van der Waals surface area contributed by atoms with E-state index in [1.807, 2.05) is 0 Å². The first-order valence-corrected chi connectivity index (χ1v) is 6.54. The molecule has 0 spiro atoms. The molecule has 1 N–H and O–H groups in total. The first-order chi connectivity index (χ1) is 8.20. The van der Waals surface area contributed by atoms with E-state index < -0.39 is 0 Å². The van der Waals surface area contributed by atoms with Crippen LogP contribution in [0, 0.1) is 0 Å². The number of aromatic nitrogens is 2. The standard InChI is InChI=1S/C13H22N4/c1-4-12-15-11(10(2)3)9-13(16-12)17-7-5-14-6-8-17/h9-10,14H,4-8H2,1-3H3. The number of nitrogens with one attached hydrogen (secondary N) is 1. The Morgan fingerprint density at radius 3 is 2.59 bits per heavy atom. The van der Waals surface area contributed by atoms with Crippen LogP contribution in [0.1, 0.15) is 38.2 Å². The maximum Gasteiger partial charge on any atom is 0.132 e. The lowest BCUT2D eigenvalue weighted by Gasteiger charge is -2.29. The van der Waals surface area contributed by atoms with E-state index in [1.165, 1.54) is 0 Å². The largest absolute Gasteiger partial charge is 0.354 e. The lowest BCUT2D eigenvalue weighted by Crippen LogP contribution is -2.44. The Balaban J connectivity index is 2.28. The lowest BCUT2D eigenvalue weighted by molar-refractivity contribution is 0.582. The quantitative estimate of drug-likeness (QED) is 0.862. The van der Waals surface area contributed by atoms with E-state index in [2.05, 4.69) is 47.0 Å². The molecule has 4 nitrogen and oxygen atoms in total. The summed E-state index contributed by atoms with van der Waals surface area (Å²) in [5, 5.41) is 3.37. The van der Waals surface area contributed by atoms with Gasteiger partial charge in [0.15, 0.2) is 0 Å². The number of anilines is 1. The Bertz CT molecular complexity index is 370. The molecule has 4 heteroatoms. The van der Waals surface area contributed by atoms with Crippen LogP contribution < -0.4 is 10.2 Å². The highest BCUT2D eigenvalue weighted by Gasteiger charge is 2.14. The van der Waals surface area contributed by atoms with Gasteiger partial charge in [0.05, 0.1) is 0 Å². The molecule has 2 heterocycles. The van der Waals surface area contributed by atoms with Gasteiger partial charge in [0, 0.05) is 44.4 Å². The Kier molecular flexibility index (Phi) is 3.94. The van der Waals surface area contributed by atoms with Crippen molar-refractivity contribution in [3.05, 3.63) is 17.6 Å². The molecule has 0 unspecified atom stereocenters. The monoisotopic (exact) mass is 234 g/mol. The van der Waals surface area contributed by atoms with E-state index in [0.717, 1.165) is 49.9 Å². The molecule has 2 rings (SSSR count). The minimum atomic E-state index is 0.463. The molecule has 1 saturated heterocycles. The molecule has 1 aliphatic heterocycles. The smallest absolute Gasteiger partial charge is 0.132 e.